The summed E-state index contributed by atoms with van der Waals surface area (Å²) in [6.45, 7) is 0. The molecule has 1 saturated carbocycles. The highest BCUT2D eigenvalue weighted by Crippen LogP contribution is 2.43. The van der Waals surface area contributed by atoms with E-state index in [1.165, 1.54) is 6.33 Å². The third-order valence-electron chi connectivity index (χ3n) is 4.21. The summed E-state index contributed by atoms with van der Waals surface area (Å²) >= 11 is 0. The van der Waals surface area contributed by atoms with Crippen LogP contribution in [-0.4, -0.2) is 33.0 Å². The van der Waals surface area contributed by atoms with Crippen molar-refractivity contribution in [3.8, 4) is 0 Å². The van der Waals surface area contributed by atoms with E-state index in [0.717, 1.165) is 12.8 Å². The Morgan fingerprint density at radius 1 is 1.45 bits per heavy atom. The molecule has 0 radical (unpaired) electrons. The average molecular weight is 275 g/mol. The molecule has 2 aliphatic carbocycles. The second-order valence-electron chi connectivity index (χ2n) is 5.57. The SMILES string of the molecule is O=C(O)C(Cc1cnc[nH]1)NC(=O)C1CC2C=CC1C2. The van der Waals surface area contributed by atoms with Crippen molar-refractivity contribution in [1.29, 1.82) is 0 Å². The Bertz CT molecular complexity index is 538. The predicted molar refractivity (Wildman–Crippen MR) is 70.7 cm³/mol. The molecule has 4 atom stereocenters. The maximum atomic E-state index is 12.2. The van der Waals surface area contributed by atoms with Gasteiger partial charge < -0.3 is 15.4 Å². The lowest BCUT2D eigenvalue weighted by molar-refractivity contribution is -0.142. The van der Waals surface area contributed by atoms with Crippen molar-refractivity contribution in [3.63, 3.8) is 0 Å². The number of imidazole rings is 1. The summed E-state index contributed by atoms with van der Waals surface area (Å²) in [5.74, 6) is -0.470. The molecule has 0 saturated heterocycles. The predicted octanol–water partition coefficient (Wildman–Crippen LogP) is 0.734. The Morgan fingerprint density at radius 3 is 2.85 bits per heavy atom. The Morgan fingerprint density at radius 2 is 2.30 bits per heavy atom. The number of carbonyl (C=O) groups excluding carboxylic acids is 1. The fourth-order valence-electron chi connectivity index (χ4n) is 3.18. The fourth-order valence-corrected chi connectivity index (χ4v) is 3.18. The van der Waals surface area contributed by atoms with Crippen molar-refractivity contribution in [2.75, 3.05) is 0 Å². The zero-order valence-electron chi connectivity index (χ0n) is 11.0. The molecule has 0 aliphatic heterocycles. The number of carboxylic acid groups (broad SMARTS) is 1. The average Bonchev–Trinajstić information content (AvgIpc) is 3.14. The van der Waals surface area contributed by atoms with Crippen LogP contribution >= 0.6 is 0 Å². The molecule has 20 heavy (non-hydrogen) atoms. The number of aliphatic carboxylic acids is 1. The number of aromatic nitrogens is 2. The van der Waals surface area contributed by atoms with E-state index < -0.39 is 12.0 Å². The maximum Gasteiger partial charge on any atom is 0.326 e. The number of amides is 1. The summed E-state index contributed by atoms with van der Waals surface area (Å²) in [6.07, 6.45) is 9.40. The maximum absolute atomic E-state index is 12.2. The summed E-state index contributed by atoms with van der Waals surface area (Å²) in [5.41, 5.74) is 0.700. The van der Waals surface area contributed by atoms with Gasteiger partial charge in [-0.25, -0.2) is 9.78 Å². The molecule has 2 aliphatic rings. The minimum atomic E-state index is -1.02. The molecule has 1 amide bonds. The van der Waals surface area contributed by atoms with Crippen LogP contribution in [0.2, 0.25) is 0 Å². The molecule has 3 N–H and O–H groups in total. The van der Waals surface area contributed by atoms with Gasteiger partial charge in [0.15, 0.2) is 0 Å². The summed E-state index contributed by atoms with van der Waals surface area (Å²) in [4.78, 5) is 30.2. The van der Waals surface area contributed by atoms with Gasteiger partial charge in [-0.3, -0.25) is 4.79 Å². The van der Waals surface area contributed by atoms with Crippen LogP contribution in [0.5, 0.6) is 0 Å². The van der Waals surface area contributed by atoms with Crippen LogP contribution in [-0.2, 0) is 16.0 Å². The highest BCUT2D eigenvalue weighted by Gasteiger charge is 2.40. The quantitative estimate of drug-likeness (QED) is 0.690. The molecule has 6 nitrogen and oxygen atoms in total. The van der Waals surface area contributed by atoms with Gasteiger partial charge in [0.05, 0.1) is 6.33 Å². The monoisotopic (exact) mass is 275 g/mol. The summed E-state index contributed by atoms with van der Waals surface area (Å²) < 4.78 is 0. The topological polar surface area (TPSA) is 95.1 Å². The Balaban J connectivity index is 1.63. The summed E-state index contributed by atoms with van der Waals surface area (Å²) in [6, 6.07) is -0.911. The number of hydrogen-bond donors (Lipinski definition) is 3. The lowest BCUT2D eigenvalue weighted by Crippen LogP contribution is -2.45. The van der Waals surface area contributed by atoms with Gasteiger partial charge in [-0.05, 0) is 24.7 Å². The smallest absolute Gasteiger partial charge is 0.326 e. The van der Waals surface area contributed by atoms with Gasteiger partial charge in [-0.2, -0.15) is 0 Å². The van der Waals surface area contributed by atoms with Crippen LogP contribution in [0.3, 0.4) is 0 Å². The number of fused-ring (bicyclic) bond motifs is 2. The molecule has 2 bridgehead atoms. The number of carbonyl (C=O) groups is 2. The molecule has 6 heteroatoms. The minimum Gasteiger partial charge on any atom is -0.480 e. The molecule has 1 fully saturated rings. The highest BCUT2D eigenvalue weighted by molar-refractivity contribution is 5.85. The van der Waals surface area contributed by atoms with Gasteiger partial charge in [-0.15, -0.1) is 0 Å². The van der Waals surface area contributed by atoms with E-state index in [2.05, 4.69) is 27.4 Å². The van der Waals surface area contributed by atoms with Crippen LogP contribution < -0.4 is 5.32 Å². The minimum absolute atomic E-state index is 0.0754. The Kier molecular flexibility index (Phi) is 3.30. The van der Waals surface area contributed by atoms with E-state index in [-0.39, 0.29) is 24.2 Å². The van der Waals surface area contributed by atoms with E-state index in [0.29, 0.717) is 11.6 Å². The molecule has 1 aromatic heterocycles. The lowest BCUT2D eigenvalue weighted by Gasteiger charge is -2.20. The first-order chi connectivity index (χ1) is 9.63. The van der Waals surface area contributed by atoms with Crippen LogP contribution in [0.15, 0.2) is 24.7 Å². The highest BCUT2D eigenvalue weighted by atomic mass is 16.4. The zero-order valence-corrected chi connectivity index (χ0v) is 11.0. The molecule has 0 aromatic carbocycles. The van der Waals surface area contributed by atoms with Gasteiger partial charge >= 0.3 is 5.97 Å². The van der Waals surface area contributed by atoms with Crippen molar-refractivity contribution in [3.05, 3.63) is 30.4 Å². The largest absolute Gasteiger partial charge is 0.480 e. The van der Waals surface area contributed by atoms with Crippen LogP contribution in [0.25, 0.3) is 0 Å². The number of carboxylic acids is 1. The molecular formula is C14H17N3O3. The number of allylic oxidation sites excluding steroid dienone is 2. The molecule has 1 aromatic rings. The summed E-state index contributed by atoms with van der Waals surface area (Å²) in [5, 5.41) is 11.9. The fraction of sp³-hybridized carbons (Fsp3) is 0.500. The number of rotatable bonds is 5. The van der Waals surface area contributed by atoms with E-state index in [4.69, 9.17) is 0 Å². The number of H-pyrrole nitrogens is 1. The lowest BCUT2D eigenvalue weighted by atomic mass is 9.92. The summed E-state index contributed by atoms with van der Waals surface area (Å²) in [7, 11) is 0. The molecule has 106 valence electrons. The van der Waals surface area contributed by atoms with E-state index in [1.807, 2.05) is 0 Å². The first-order valence-corrected chi connectivity index (χ1v) is 6.82. The number of nitrogens with zero attached hydrogens (tertiary/aromatic N) is 1. The van der Waals surface area contributed by atoms with Gasteiger partial charge in [0.25, 0.3) is 0 Å². The van der Waals surface area contributed by atoms with Crippen LogP contribution in [0.1, 0.15) is 18.5 Å². The first-order valence-electron chi connectivity index (χ1n) is 6.82. The van der Waals surface area contributed by atoms with Crippen molar-refractivity contribution in [2.45, 2.75) is 25.3 Å². The van der Waals surface area contributed by atoms with Crippen molar-refractivity contribution >= 4 is 11.9 Å². The van der Waals surface area contributed by atoms with Gasteiger partial charge in [-0.1, -0.05) is 12.2 Å². The second kappa shape index (κ2) is 5.11. The molecule has 3 rings (SSSR count). The van der Waals surface area contributed by atoms with Crippen molar-refractivity contribution in [1.82, 2.24) is 15.3 Å². The standard InChI is InChI=1S/C14H17N3O3/c18-13(11-4-8-1-2-9(11)3-8)17-12(14(19)20)5-10-6-15-7-16-10/h1-2,6-9,11-12H,3-5H2,(H,15,16)(H,17,18)(H,19,20). The normalized spacial score (nSPS) is 28.5. The molecule has 1 heterocycles. The van der Waals surface area contributed by atoms with Crippen LogP contribution in [0, 0.1) is 17.8 Å². The second-order valence-corrected chi connectivity index (χ2v) is 5.57. The van der Waals surface area contributed by atoms with Crippen LogP contribution in [0.4, 0.5) is 0 Å². The third-order valence-corrected chi connectivity index (χ3v) is 4.21. The molecule has 4 unspecified atom stereocenters. The van der Waals surface area contributed by atoms with E-state index in [9.17, 15) is 14.7 Å². The van der Waals surface area contributed by atoms with Gasteiger partial charge in [0.1, 0.15) is 6.04 Å². The molecule has 0 spiro atoms. The zero-order chi connectivity index (χ0) is 14.1. The number of aromatic amines is 1. The van der Waals surface area contributed by atoms with Gasteiger partial charge in [0, 0.05) is 24.2 Å². The van der Waals surface area contributed by atoms with E-state index in [1.54, 1.807) is 6.20 Å². The van der Waals surface area contributed by atoms with Crippen molar-refractivity contribution < 1.29 is 14.7 Å². The van der Waals surface area contributed by atoms with E-state index >= 15 is 0 Å². The Hall–Kier alpha value is -2.11. The van der Waals surface area contributed by atoms with Crippen molar-refractivity contribution in [2.24, 2.45) is 17.8 Å². The van der Waals surface area contributed by atoms with Gasteiger partial charge in [0.2, 0.25) is 5.91 Å². The third kappa shape index (κ3) is 2.45. The first kappa shape index (κ1) is 12.9. The molecular weight excluding hydrogens is 258 g/mol. The number of hydrogen-bond acceptors (Lipinski definition) is 3. The Labute approximate surface area is 116 Å². The number of nitrogens with one attached hydrogen (secondary N) is 2.